The number of esters is 1. The van der Waals surface area contributed by atoms with Crippen LogP contribution >= 0.6 is 0 Å². The Labute approximate surface area is 159 Å². The van der Waals surface area contributed by atoms with Crippen molar-refractivity contribution in [2.24, 2.45) is 0 Å². The number of rotatable bonds is 6. The second-order valence-electron chi connectivity index (χ2n) is 7.24. The zero-order valence-corrected chi connectivity index (χ0v) is 15.9. The summed E-state index contributed by atoms with van der Waals surface area (Å²) in [5.74, 6) is -0.535. The van der Waals surface area contributed by atoms with Crippen molar-refractivity contribution >= 4 is 17.7 Å². The van der Waals surface area contributed by atoms with Crippen LogP contribution in [0.2, 0.25) is 0 Å². The van der Waals surface area contributed by atoms with Crippen LogP contribution < -0.4 is 11.1 Å². The topological polar surface area (TPSA) is 90.6 Å². The van der Waals surface area contributed by atoms with Crippen LogP contribution in [0, 0.1) is 0 Å². The fourth-order valence-electron chi connectivity index (χ4n) is 2.43. The zero-order chi connectivity index (χ0) is 19.9. The van der Waals surface area contributed by atoms with E-state index in [1.54, 1.807) is 39.0 Å². The van der Waals surface area contributed by atoms with Gasteiger partial charge in [0.1, 0.15) is 18.2 Å². The number of ether oxygens (including phenoxy) is 2. The fraction of sp³-hybridized carbons (Fsp3) is 0.333. The molecule has 0 aromatic heterocycles. The molecule has 2 aromatic rings. The number of hydrogen-bond donors (Lipinski definition) is 2. The van der Waals surface area contributed by atoms with Gasteiger partial charge in [0.05, 0.1) is 0 Å². The standard InChI is InChI=1S/C21H26N2O4/c1-21(2,3)27-20(25)23-18(13-16-10-7-11-17(22)12-16)19(24)26-14-15-8-5-4-6-9-15/h4-12,18H,13-14,22H2,1-3H3,(H,23,25)/t18-/m0/s1. The van der Waals surface area contributed by atoms with Crippen molar-refractivity contribution in [3.05, 3.63) is 65.7 Å². The van der Waals surface area contributed by atoms with E-state index in [-0.39, 0.29) is 13.0 Å². The van der Waals surface area contributed by atoms with Crippen molar-refractivity contribution in [3.63, 3.8) is 0 Å². The average molecular weight is 370 g/mol. The number of nitrogens with one attached hydrogen (secondary N) is 1. The summed E-state index contributed by atoms with van der Waals surface area (Å²) in [7, 11) is 0. The molecular formula is C21H26N2O4. The largest absolute Gasteiger partial charge is 0.459 e. The summed E-state index contributed by atoms with van der Waals surface area (Å²) in [6.07, 6.45) is -0.425. The van der Waals surface area contributed by atoms with Gasteiger partial charge in [-0.2, -0.15) is 0 Å². The van der Waals surface area contributed by atoms with E-state index in [0.29, 0.717) is 5.69 Å². The van der Waals surface area contributed by atoms with Gasteiger partial charge in [-0.25, -0.2) is 9.59 Å². The Kier molecular flexibility index (Phi) is 6.82. The van der Waals surface area contributed by atoms with E-state index >= 15 is 0 Å². The molecule has 1 amide bonds. The number of benzene rings is 2. The van der Waals surface area contributed by atoms with Gasteiger partial charge in [0.15, 0.2) is 0 Å². The Morgan fingerprint density at radius 3 is 2.33 bits per heavy atom. The lowest BCUT2D eigenvalue weighted by molar-refractivity contribution is -0.147. The van der Waals surface area contributed by atoms with Crippen molar-refractivity contribution in [3.8, 4) is 0 Å². The first-order valence-corrected chi connectivity index (χ1v) is 8.77. The molecule has 3 N–H and O–H groups in total. The Hall–Kier alpha value is -3.02. The maximum Gasteiger partial charge on any atom is 0.408 e. The summed E-state index contributed by atoms with van der Waals surface area (Å²) in [4.78, 5) is 24.7. The van der Waals surface area contributed by atoms with E-state index in [2.05, 4.69) is 5.32 Å². The van der Waals surface area contributed by atoms with E-state index in [1.807, 2.05) is 36.4 Å². The molecule has 0 spiro atoms. The van der Waals surface area contributed by atoms with E-state index in [9.17, 15) is 9.59 Å². The molecule has 6 nitrogen and oxygen atoms in total. The Balaban J connectivity index is 2.07. The predicted octanol–water partition coefficient (Wildman–Crippen LogP) is 3.45. The summed E-state index contributed by atoms with van der Waals surface area (Å²) in [5, 5.41) is 2.60. The van der Waals surface area contributed by atoms with Crippen molar-refractivity contribution < 1.29 is 19.1 Å². The van der Waals surface area contributed by atoms with Crippen LogP contribution in [0.1, 0.15) is 31.9 Å². The zero-order valence-electron chi connectivity index (χ0n) is 15.9. The van der Waals surface area contributed by atoms with Crippen LogP contribution in [0.25, 0.3) is 0 Å². The first kappa shape index (κ1) is 20.3. The number of carbonyl (C=O) groups is 2. The molecule has 2 aromatic carbocycles. The van der Waals surface area contributed by atoms with E-state index < -0.39 is 23.7 Å². The van der Waals surface area contributed by atoms with Crippen molar-refractivity contribution in [2.45, 2.75) is 45.4 Å². The number of carbonyl (C=O) groups excluding carboxylic acids is 2. The first-order chi connectivity index (χ1) is 12.7. The molecule has 1 atom stereocenters. The second kappa shape index (κ2) is 9.07. The third-order valence-electron chi connectivity index (χ3n) is 3.59. The Morgan fingerprint density at radius 1 is 1.04 bits per heavy atom. The maximum absolute atomic E-state index is 12.6. The highest BCUT2D eigenvalue weighted by Crippen LogP contribution is 2.12. The van der Waals surface area contributed by atoms with E-state index in [0.717, 1.165) is 11.1 Å². The molecule has 27 heavy (non-hydrogen) atoms. The molecule has 6 heteroatoms. The van der Waals surface area contributed by atoms with Gasteiger partial charge in [-0.3, -0.25) is 0 Å². The Bertz CT molecular complexity index is 769. The van der Waals surface area contributed by atoms with Gasteiger partial charge in [-0.1, -0.05) is 42.5 Å². The predicted molar refractivity (Wildman–Crippen MR) is 104 cm³/mol. The lowest BCUT2D eigenvalue weighted by Gasteiger charge is -2.23. The lowest BCUT2D eigenvalue weighted by Crippen LogP contribution is -2.45. The van der Waals surface area contributed by atoms with Crippen LogP contribution in [0.15, 0.2) is 54.6 Å². The average Bonchev–Trinajstić information content (AvgIpc) is 2.58. The van der Waals surface area contributed by atoms with Crippen LogP contribution in [-0.2, 0) is 27.3 Å². The van der Waals surface area contributed by atoms with Gasteiger partial charge in [0.25, 0.3) is 0 Å². The lowest BCUT2D eigenvalue weighted by atomic mass is 10.1. The number of anilines is 1. The fourth-order valence-corrected chi connectivity index (χ4v) is 2.43. The Morgan fingerprint density at radius 2 is 1.70 bits per heavy atom. The molecule has 0 radical (unpaired) electrons. The summed E-state index contributed by atoms with van der Waals surface area (Å²) in [5.41, 5.74) is 7.40. The van der Waals surface area contributed by atoms with E-state index in [1.165, 1.54) is 0 Å². The SMILES string of the molecule is CC(C)(C)OC(=O)N[C@@H](Cc1cccc(N)c1)C(=O)OCc1ccccc1. The molecule has 2 rings (SSSR count). The molecule has 0 saturated heterocycles. The molecule has 0 aliphatic rings. The van der Waals surface area contributed by atoms with Gasteiger partial charge in [0, 0.05) is 12.1 Å². The number of nitrogen functional groups attached to an aromatic ring is 1. The first-order valence-electron chi connectivity index (χ1n) is 8.77. The minimum absolute atomic E-state index is 0.128. The number of alkyl carbamates (subject to hydrolysis) is 1. The summed E-state index contributed by atoms with van der Waals surface area (Å²) < 4.78 is 10.6. The van der Waals surface area contributed by atoms with Gasteiger partial charge in [0.2, 0.25) is 0 Å². The molecule has 0 aliphatic heterocycles. The number of hydrogen-bond acceptors (Lipinski definition) is 5. The summed E-state index contributed by atoms with van der Waals surface area (Å²) in [6, 6.07) is 15.6. The molecule has 144 valence electrons. The highest BCUT2D eigenvalue weighted by Gasteiger charge is 2.26. The molecule has 0 unspecified atom stereocenters. The van der Waals surface area contributed by atoms with E-state index in [4.69, 9.17) is 15.2 Å². The van der Waals surface area contributed by atoms with Gasteiger partial charge < -0.3 is 20.5 Å². The molecule has 0 aliphatic carbocycles. The third-order valence-corrected chi connectivity index (χ3v) is 3.59. The van der Waals surface area contributed by atoms with Crippen LogP contribution in [0.3, 0.4) is 0 Å². The van der Waals surface area contributed by atoms with Gasteiger partial charge in [-0.05, 0) is 44.0 Å². The summed E-state index contributed by atoms with van der Waals surface area (Å²) >= 11 is 0. The summed E-state index contributed by atoms with van der Waals surface area (Å²) in [6.45, 7) is 5.40. The second-order valence-corrected chi connectivity index (χ2v) is 7.24. The smallest absolute Gasteiger partial charge is 0.408 e. The molecule has 0 bridgehead atoms. The minimum Gasteiger partial charge on any atom is -0.459 e. The number of nitrogens with two attached hydrogens (primary N) is 1. The highest BCUT2D eigenvalue weighted by atomic mass is 16.6. The molecule has 0 fully saturated rings. The van der Waals surface area contributed by atoms with Crippen LogP contribution in [0.5, 0.6) is 0 Å². The molecular weight excluding hydrogens is 344 g/mol. The van der Waals surface area contributed by atoms with Crippen molar-refractivity contribution in [2.75, 3.05) is 5.73 Å². The monoisotopic (exact) mass is 370 g/mol. The number of amides is 1. The van der Waals surface area contributed by atoms with Gasteiger partial charge in [-0.15, -0.1) is 0 Å². The maximum atomic E-state index is 12.6. The minimum atomic E-state index is -0.884. The molecule has 0 heterocycles. The van der Waals surface area contributed by atoms with Crippen LogP contribution in [-0.4, -0.2) is 23.7 Å². The molecule has 0 saturated carbocycles. The van der Waals surface area contributed by atoms with Crippen LogP contribution in [0.4, 0.5) is 10.5 Å². The van der Waals surface area contributed by atoms with Crippen molar-refractivity contribution in [1.82, 2.24) is 5.32 Å². The van der Waals surface area contributed by atoms with Gasteiger partial charge >= 0.3 is 12.1 Å². The normalized spacial score (nSPS) is 12.1. The highest BCUT2D eigenvalue weighted by molar-refractivity contribution is 5.81. The van der Waals surface area contributed by atoms with Crippen molar-refractivity contribution in [1.29, 1.82) is 0 Å². The third kappa shape index (κ3) is 7.40. The quantitative estimate of drug-likeness (QED) is 0.600.